The predicted octanol–water partition coefficient (Wildman–Crippen LogP) is 2.01. The van der Waals surface area contributed by atoms with Gasteiger partial charge in [0.05, 0.1) is 0 Å². The molecule has 96 valence electrons. The lowest BCUT2D eigenvalue weighted by molar-refractivity contribution is 0.145. The predicted molar refractivity (Wildman–Crippen MR) is 72.8 cm³/mol. The van der Waals surface area contributed by atoms with Gasteiger partial charge in [-0.05, 0) is 45.3 Å². The zero-order valence-corrected chi connectivity index (χ0v) is 12.0. The van der Waals surface area contributed by atoms with E-state index in [0.717, 1.165) is 16.7 Å². The number of piperidine rings is 1. The lowest BCUT2D eigenvalue weighted by Crippen LogP contribution is -2.42. The molecule has 1 fully saturated rings. The first-order valence-corrected chi connectivity index (χ1v) is 7.00. The van der Waals surface area contributed by atoms with Crippen LogP contribution in [-0.2, 0) is 0 Å². The van der Waals surface area contributed by atoms with Crippen molar-refractivity contribution in [2.75, 3.05) is 38.6 Å². The molecule has 0 saturated carbocycles. The molecule has 17 heavy (non-hydrogen) atoms. The maximum atomic E-state index is 4.21. The minimum absolute atomic E-state index is 0.417. The van der Waals surface area contributed by atoms with Crippen LogP contribution in [0.5, 0.6) is 0 Å². The molecular weight excluding hydrogens is 232 g/mol. The number of aryl methyl sites for hydroxylation is 1. The van der Waals surface area contributed by atoms with Gasteiger partial charge in [-0.25, -0.2) is 0 Å². The van der Waals surface area contributed by atoms with Gasteiger partial charge in [0.15, 0.2) is 0 Å². The van der Waals surface area contributed by atoms with Gasteiger partial charge in [0.25, 0.3) is 0 Å². The highest BCUT2D eigenvalue weighted by Gasteiger charge is 2.30. The lowest BCUT2D eigenvalue weighted by Gasteiger charge is -2.40. The van der Waals surface area contributed by atoms with E-state index in [9.17, 15) is 0 Å². The Hall–Kier alpha value is -0.680. The van der Waals surface area contributed by atoms with Crippen LogP contribution in [0.1, 0.15) is 24.8 Å². The molecule has 0 spiro atoms. The Morgan fingerprint density at radius 3 is 2.53 bits per heavy atom. The molecule has 0 aliphatic carbocycles. The molecule has 1 saturated heterocycles. The number of hydrogen-bond donors (Lipinski definition) is 0. The maximum absolute atomic E-state index is 4.21. The van der Waals surface area contributed by atoms with Gasteiger partial charge in [-0.3, -0.25) is 0 Å². The Bertz CT molecular complexity index is 368. The van der Waals surface area contributed by atoms with Crippen LogP contribution in [0.25, 0.3) is 0 Å². The van der Waals surface area contributed by atoms with Crippen molar-refractivity contribution in [1.82, 2.24) is 15.1 Å². The highest BCUT2D eigenvalue weighted by Crippen LogP contribution is 2.32. The zero-order valence-electron chi connectivity index (χ0n) is 11.2. The van der Waals surface area contributed by atoms with Crippen LogP contribution in [0.4, 0.5) is 5.13 Å². The summed E-state index contributed by atoms with van der Waals surface area (Å²) in [7, 11) is 4.33. The van der Waals surface area contributed by atoms with E-state index in [0.29, 0.717) is 5.41 Å². The standard InChI is InChI=1S/C12H22N4S/c1-10-13-14-11(17-10)16(4)9-12(2)5-7-15(3)8-6-12/h5-9H2,1-4H3. The molecule has 1 aliphatic rings. The maximum Gasteiger partial charge on any atom is 0.208 e. The number of rotatable bonds is 3. The third-order valence-corrected chi connectivity index (χ3v) is 4.61. The molecule has 0 atom stereocenters. The van der Waals surface area contributed by atoms with Crippen molar-refractivity contribution < 1.29 is 0 Å². The van der Waals surface area contributed by atoms with E-state index in [4.69, 9.17) is 0 Å². The molecule has 0 amide bonds. The van der Waals surface area contributed by atoms with E-state index in [2.05, 4.69) is 41.0 Å². The van der Waals surface area contributed by atoms with Gasteiger partial charge >= 0.3 is 0 Å². The summed E-state index contributed by atoms with van der Waals surface area (Å²) < 4.78 is 0. The van der Waals surface area contributed by atoms with Crippen molar-refractivity contribution in [3.63, 3.8) is 0 Å². The van der Waals surface area contributed by atoms with Gasteiger partial charge in [-0.15, -0.1) is 10.2 Å². The summed E-state index contributed by atoms with van der Waals surface area (Å²) in [5.41, 5.74) is 0.417. The first-order chi connectivity index (χ1) is 7.98. The van der Waals surface area contributed by atoms with E-state index in [1.54, 1.807) is 11.3 Å². The zero-order chi connectivity index (χ0) is 12.5. The van der Waals surface area contributed by atoms with Crippen LogP contribution >= 0.6 is 11.3 Å². The van der Waals surface area contributed by atoms with Gasteiger partial charge in [0.1, 0.15) is 5.01 Å². The van der Waals surface area contributed by atoms with E-state index in [-0.39, 0.29) is 0 Å². The molecule has 0 N–H and O–H groups in total. The monoisotopic (exact) mass is 254 g/mol. The Balaban J connectivity index is 1.96. The third kappa shape index (κ3) is 3.16. The number of anilines is 1. The molecule has 0 aromatic carbocycles. The fourth-order valence-corrected chi connectivity index (χ4v) is 3.04. The Morgan fingerprint density at radius 2 is 2.00 bits per heavy atom. The van der Waals surface area contributed by atoms with Gasteiger partial charge in [0.2, 0.25) is 5.13 Å². The first-order valence-electron chi connectivity index (χ1n) is 6.18. The quantitative estimate of drug-likeness (QED) is 0.826. The summed E-state index contributed by atoms with van der Waals surface area (Å²) >= 11 is 1.68. The van der Waals surface area contributed by atoms with Crippen LogP contribution in [0.2, 0.25) is 0 Å². The first kappa shape index (κ1) is 12.8. The van der Waals surface area contributed by atoms with E-state index >= 15 is 0 Å². The van der Waals surface area contributed by atoms with Crippen LogP contribution in [0, 0.1) is 12.3 Å². The summed E-state index contributed by atoms with van der Waals surface area (Å²) in [5.74, 6) is 0. The minimum Gasteiger partial charge on any atom is -0.349 e. The van der Waals surface area contributed by atoms with Gasteiger partial charge < -0.3 is 9.80 Å². The highest BCUT2D eigenvalue weighted by molar-refractivity contribution is 7.15. The summed E-state index contributed by atoms with van der Waals surface area (Å²) in [6.45, 7) is 7.89. The van der Waals surface area contributed by atoms with E-state index < -0.39 is 0 Å². The van der Waals surface area contributed by atoms with Crippen molar-refractivity contribution in [3.05, 3.63) is 5.01 Å². The second kappa shape index (κ2) is 4.90. The molecule has 1 aliphatic heterocycles. The second-order valence-electron chi connectivity index (χ2n) is 5.57. The Kier molecular flexibility index (Phi) is 3.68. The molecule has 1 aromatic heterocycles. The van der Waals surface area contributed by atoms with Crippen LogP contribution in [-0.4, -0.2) is 48.8 Å². The number of aromatic nitrogens is 2. The summed E-state index contributed by atoms with van der Waals surface area (Å²) in [5, 5.41) is 10.4. The summed E-state index contributed by atoms with van der Waals surface area (Å²) in [6.07, 6.45) is 2.54. The van der Waals surface area contributed by atoms with E-state index in [1.807, 2.05) is 6.92 Å². The number of hydrogen-bond acceptors (Lipinski definition) is 5. The van der Waals surface area contributed by atoms with Gasteiger partial charge in [-0.2, -0.15) is 0 Å². The molecule has 0 unspecified atom stereocenters. The number of likely N-dealkylation sites (tertiary alicyclic amines) is 1. The summed E-state index contributed by atoms with van der Waals surface area (Å²) in [4.78, 5) is 4.67. The van der Waals surface area contributed by atoms with Crippen molar-refractivity contribution in [2.45, 2.75) is 26.7 Å². The van der Waals surface area contributed by atoms with Gasteiger partial charge in [0, 0.05) is 13.6 Å². The molecule has 1 aromatic rings. The fourth-order valence-electron chi connectivity index (χ4n) is 2.40. The Labute approximate surface area is 108 Å². The van der Waals surface area contributed by atoms with Crippen LogP contribution < -0.4 is 4.90 Å². The van der Waals surface area contributed by atoms with Gasteiger partial charge in [-0.1, -0.05) is 18.3 Å². The smallest absolute Gasteiger partial charge is 0.208 e. The number of nitrogens with zero attached hydrogens (tertiary/aromatic N) is 4. The molecule has 0 radical (unpaired) electrons. The van der Waals surface area contributed by atoms with Crippen LogP contribution in [0.3, 0.4) is 0 Å². The lowest BCUT2D eigenvalue weighted by atomic mass is 9.80. The molecular formula is C12H22N4S. The van der Waals surface area contributed by atoms with Crippen molar-refractivity contribution in [3.8, 4) is 0 Å². The largest absolute Gasteiger partial charge is 0.349 e. The molecule has 0 bridgehead atoms. The van der Waals surface area contributed by atoms with Crippen molar-refractivity contribution in [1.29, 1.82) is 0 Å². The summed E-state index contributed by atoms with van der Waals surface area (Å²) in [6, 6.07) is 0. The average Bonchev–Trinajstić information content (AvgIpc) is 2.70. The SMILES string of the molecule is Cc1nnc(N(C)CC2(C)CCN(C)CC2)s1. The fraction of sp³-hybridized carbons (Fsp3) is 0.833. The third-order valence-electron chi connectivity index (χ3n) is 3.65. The average molecular weight is 254 g/mol. The van der Waals surface area contributed by atoms with Crippen molar-refractivity contribution in [2.24, 2.45) is 5.41 Å². The molecule has 2 heterocycles. The Morgan fingerprint density at radius 1 is 1.35 bits per heavy atom. The normalized spacial score (nSPS) is 20.5. The highest BCUT2D eigenvalue weighted by atomic mass is 32.1. The molecule has 4 nitrogen and oxygen atoms in total. The van der Waals surface area contributed by atoms with E-state index in [1.165, 1.54) is 25.9 Å². The minimum atomic E-state index is 0.417. The van der Waals surface area contributed by atoms with Crippen LogP contribution in [0.15, 0.2) is 0 Å². The molecule has 2 rings (SSSR count). The molecule has 5 heteroatoms. The van der Waals surface area contributed by atoms with Crippen molar-refractivity contribution >= 4 is 16.5 Å². The topological polar surface area (TPSA) is 32.3 Å². The second-order valence-corrected chi connectivity index (χ2v) is 6.73.